The van der Waals surface area contributed by atoms with Crippen molar-refractivity contribution in [3.63, 3.8) is 0 Å². The van der Waals surface area contributed by atoms with E-state index in [1.54, 1.807) is 6.07 Å². The Bertz CT molecular complexity index is 720. The minimum atomic E-state index is -0.640. The Balaban J connectivity index is 2.42. The van der Waals surface area contributed by atoms with Crippen LogP contribution >= 0.6 is 0 Å². The van der Waals surface area contributed by atoms with Crippen molar-refractivity contribution in [1.82, 2.24) is 5.32 Å². The van der Waals surface area contributed by atoms with Gasteiger partial charge in [0.1, 0.15) is 11.1 Å². The second kappa shape index (κ2) is 7.09. The van der Waals surface area contributed by atoms with E-state index >= 15 is 0 Å². The van der Waals surface area contributed by atoms with Gasteiger partial charge in [0.2, 0.25) is 0 Å². The lowest BCUT2D eigenvalue weighted by Crippen LogP contribution is -2.32. The van der Waals surface area contributed by atoms with Crippen LogP contribution in [0.1, 0.15) is 24.2 Å². The Labute approximate surface area is 128 Å². The molecule has 0 saturated heterocycles. The predicted octanol–water partition coefficient (Wildman–Crippen LogP) is 1.33. The fourth-order valence-corrected chi connectivity index (χ4v) is 2.32. The maximum Gasteiger partial charge on any atom is 0.349 e. The van der Waals surface area contributed by atoms with Crippen molar-refractivity contribution < 1.29 is 9.21 Å². The third-order valence-corrected chi connectivity index (χ3v) is 3.52. The molecule has 22 heavy (non-hydrogen) atoms. The molecule has 118 valence electrons. The monoisotopic (exact) mass is 303 g/mol. The number of benzene rings is 1. The van der Waals surface area contributed by atoms with E-state index in [1.807, 2.05) is 18.2 Å². The molecule has 0 bridgehead atoms. The lowest BCUT2D eigenvalue weighted by molar-refractivity contribution is 0.0951. The van der Waals surface area contributed by atoms with Gasteiger partial charge in [-0.1, -0.05) is 0 Å². The van der Waals surface area contributed by atoms with E-state index in [-0.39, 0.29) is 5.56 Å². The number of nitrogens with zero attached hydrogens (tertiary/aromatic N) is 1. The molecule has 0 aliphatic heterocycles. The van der Waals surface area contributed by atoms with Gasteiger partial charge in [-0.25, -0.2) is 4.79 Å². The lowest BCUT2D eigenvalue weighted by atomic mass is 10.1. The number of nitrogens with two attached hydrogens (primary N) is 1. The minimum absolute atomic E-state index is 0.00320. The molecular formula is C16H21N3O3. The first kappa shape index (κ1) is 16.0. The van der Waals surface area contributed by atoms with Crippen LogP contribution in [0, 0.1) is 0 Å². The molecule has 2 rings (SSSR count). The number of fused-ring (bicyclic) bond motifs is 1. The summed E-state index contributed by atoms with van der Waals surface area (Å²) in [5.41, 5.74) is 6.15. The second-order valence-electron chi connectivity index (χ2n) is 4.89. The highest BCUT2D eigenvalue weighted by atomic mass is 16.4. The molecule has 0 aliphatic carbocycles. The Morgan fingerprint density at radius 1 is 1.27 bits per heavy atom. The number of amides is 1. The van der Waals surface area contributed by atoms with Crippen molar-refractivity contribution in [2.24, 2.45) is 5.73 Å². The van der Waals surface area contributed by atoms with Crippen LogP contribution in [-0.2, 0) is 0 Å². The molecule has 0 saturated carbocycles. The molecule has 1 aromatic carbocycles. The molecule has 6 nitrogen and oxygen atoms in total. The molecule has 1 heterocycles. The molecule has 2 aromatic rings. The maximum absolute atomic E-state index is 12.0. The third kappa shape index (κ3) is 3.28. The van der Waals surface area contributed by atoms with Crippen LogP contribution < -0.4 is 21.6 Å². The summed E-state index contributed by atoms with van der Waals surface area (Å²) in [6.45, 7) is 6.50. The van der Waals surface area contributed by atoms with E-state index in [2.05, 4.69) is 24.1 Å². The van der Waals surface area contributed by atoms with Crippen molar-refractivity contribution in [2.75, 3.05) is 31.1 Å². The summed E-state index contributed by atoms with van der Waals surface area (Å²) >= 11 is 0. The summed E-state index contributed by atoms with van der Waals surface area (Å²) in [4.78, 5) is 26.0. The highest BCUT2D eigenvalue weighted by Crippen LogP contribution is 2.21. The van der Waals surface area contributed by atoms with Crippen LogP contribution in [-0.4, -0.2) is 32.1 Å². The van der Waals surface area contributed by atoms with Crippen LogP contribution in [0.15, 0.2) is 33.5 Å². The van der Waals surface area contributed by atoms with Gasteiger partial charge in [-0.05, 0) is 32.0 Å². The van der Waals surface area contributed by atoms with E-state index in [9.17, 15) is 9.59 Å². The molecular weight excluding hydrogens is 282 g/mol. The Kier molecular flexibility index (Phi) is 5.16. The Morgan fingerprint density at radius 3 is 2.64 bits per heavy atom. The summed E-state index contributed by atoms with van der Waals surface area (Å²) < 4.78 is 5.30. The third-order valence-electron chi connectivity index (χ3n) is 3.52. The van der Waals surface area contributed by atoms with E-state index in [0.717, 1.165) is 18.8 Å². The van der Waals surface area contributed by atoms with Gasteiger partial charge in [-0.15, -0.1) is 0 Å². The standard InChI is InChI=1S/C16H21N3O3/c1-3-19(4-2)12-6-5-11-9-13(15(20)18-8-7-17)16(21)22-14(11)10-12/h5-6,9-10H,3-4,7-8,17H2,1-2H3,(H,18,20). The fourth-order valence-electron chi connectivity index (χ4n) is 2.32. The zero-order valence-corrected chi connectivity index (χ0v) is 12.9. The van der Waals surface area contributed by atoms with Crippen LogP contribution in [0.5, 0.6) is 0 Å². The smallest absolute Gasteiger partial charge is 0.349 e. The first-order valence-corrected chi connectivity index (χ1v) is 7.41. The van der Waals surface area contributed by atoms with Crippen LogP contribution in [0.25, 0.3) is 11.0 Å². The van der Waals surface area contributed by atoms with Crippen molar-refractivity contribution >= 4 is 22.6 Å². The average Bonchev–Trinajstić information content (AvgIpc) is 2.53. The number of nitrogens with one attached hydrogen (secondary N) is 1. The van der Waals surface area contributed by atoms with Gasteiger partial charge in [-0.3, -0.25) is 4.79 Å². The first-order valence-electron chi connectivity index (χ1n) is 7.41. The van der Waals surface area contributed by atoms with Crippen LogP contribution in [0.3, 0.4) is 0 Å². The predicted molar refractivity (Wildman–Crippen MR) is 87.4 cm³/mol. The molecule has 3 N–H and O–H groups in total. The van der Waals surface area contributed by atoms with Gasteiger partial charge in [0.05, 0.1) is 0 Å². The topological polar surface area (TPSA) is 88.6 Å². The molecule has 1 aromatic heterocycles. The van der Waals surface area contributed by atoms with Gasteiger partial charge >= 0.3 is 5.63 Å². The van der Waals surface area contributed by atoms with Crippen molar-refractivity contribution in [2.45, 2.75) is 13.8 Å². The van der Waals surface area contributed by atoms with E-state index in [1.165, 1.54) is 0 Å². The summed E-state index contributed by atoms with van der Waals surface area (Å²) in [6.07, 6.45) is 0. The number of carbonyl (C=O) groups excluding carboxylic acids is 1. The van der Waals surface area contributed by atoms with Gasteiger partial charge in [0.15, 0.2) is 0 Å². The maximum atomic E-state index is 12.0. The summed E-state index contributed by atoms with van der Waals surface area (Å²) in [5, 5.41) is 3.29. The van der Waals surface area contributed by atoms with Crippen LogP contribution in [0.2, 0.25) is 0 Å². The molecule has 0 radical (unpaired) electrons. The van der Waals surface area contributed by atoms with Gasteiger partial charge in [-0.2, -0.15) is 0 Å². The highest BCUT2D eigenvalue weighted by molar-refractivity contribution is 5.96. The molecule has 0 fully saturated rings. The van der Waals surface area contributed by atoms with Crippen molar-refractivity contribution in [3.8, 4) is 0 Å². The first-order chi connectivity index (χ1) is 10.6. The molecule has 0 atom stereocenters. The van der Waals surface area contributed by atoms with E-state index < -0.39 is 11.5 Å². The number of anilines is 1. The van der Waals surface area contributed by atoms with E-state index in [0.29, 0.717) is 24.1 Å². The largest absolute Gasteiger partial charge is 0.422 e. The summed E-state index contributed by atoms with van der Waals surface area (Å²) in [5.74, 6) is -0.464. The number of hydrogen-bond donors (Lipinski definition) is 2. The van der Waals surface area contributed by atoms with Gasteiger partial charge < -0.3 is 20.4 Å². The van der Waals surface area contributed by atoms with E-state index in [4.69, 9.17) is 10.2 Å². The zero-order valence-electron chi connectivity index (χ0n) is 12.9. The van der Waals surface area contributed by atoms with Crippen LogP contribution in [0.4, 0.5) is 5.69 Å². The average molecular weight is 303 g/mol. The summed E-state index contributed by atoms with van der Waals surface area (Å²) in [7, 11) is 0. The molecule has 0 unspecified atom stereocenters. The quantitative estimate of drug-likeness (QED) is 0.786. The molecule has 6 heteroatoms. The molecule has 0 aliphatic rings. The molecule has 1 amide bonds. The molecule has 0 spiro atoms. The highest BCUT2D eigenvalue weighted by Gasteiger charge is 2.14. The van der Waals surface area contributed by atoms with Gasteiger partial charge in [0.25, 0.3) is 5.91 Å². The zero-order chi connectivity index (χ0) is 16.1. The minimum Gasteiger partial charge on any atom is -0.422 e. The van der Waals surface area contributed by atoms with Crippen molar-refractivity contribution in [1.29, 1.82) is 0 Å². The van der Waals surface area contributed by atoms with Gasteiger partial charge in [0, 0.05) is 43.3 Å². The Morgan fingerprint density at radius 2 is 2.00 bits per heavy atom. The SMILES string of the molecule is CCN(CC)c1ccc2cc(C(=O)NCCN)c(=O)oc2c1. The lowest BCUT2D eigenvalue weighted by Gasteiger charge is -2.20. The van der Waals surface area contributed by atoms with Crippen molar-refractivity contribution in [3.05, 3.63) is 40.2 Å². The summed E-state index contributed by atoms with van der Waals surface area (Å²) in [6, 6.07) is 7.19. The number of carbonyl (C=O) groups is 1. The fraction of sp³-hybridized carbons (Fsp3) is 0.375. The Hall–Kier alpha value is -2.34. The second-order valence-corrected chi connectivity index (χ2v) is 4.89. The normalized spacial score (nSPS) is 10.7. The number of rotatable bonds is 6. The number of hydrogen-bond acceptors (Lipinski definition) is 5.